The number of aryl methyl sites for hydroxylation is 1. The molecule has 0 aliphatic carbocycles. The molecule has 0 saturated heterocycles. The highest BCUT2D eigenvalue weighted by Gasteiger charge is 2.03. The Morgan fingerprint density at radius 3 is 2.94 bits per heavy atom. The zero-order valence-electron chi connectivity index (χ0n) is 9.44. The first-order valence-electron chi connectivity index (χ1n) is 5.29. The fraction of sp³-hybridized carbons (Fsp3) is 0.154. The molecule has 1 aromatic heterocycles. The molecular formula is C13H13ClN2O. The number of phenolic OH excluding ortho intramolecular Hbond substituents is 1. The molecule has 1 aromatic carbocycles. The number of anilines is 1. The fourth-order valence-corrected chi connectivity index (χ4v) is 1.75. The second-order valence-corrected chi connectivity index (χ2v) is 4.19. The molecule has 2 rings (SSSR count). The van der Waals surface area contributed by atoms with Gasteiger partial charge < -0.3 is 10.4 Å². The molecule has 88 valence electrons. The summed E-state index contributed by atoms with van der Waals surface area (Å²) in [6.45, 7) is 2.43. The molecule has 0 amide bonds. The minimum Gasteiger partial charge on any atom is -0.507 e. The van der Waals surface area contributed by atoms with Crippen LogP contribution in [0.2, 0.25) is 5.15 Å². The van der Waals surface area contributed by atoms with Gasteiger partial charge in [0, 0.05) is 24.0 Å². The Morgan fingerprint density at radius 2 is 2.18 bits per heavy atom. The molecule has 17 heavy (non-hydrogen) atoms. The Balaban J connectivity index is 2.10. The average Bonchev–Trinajstić information content (AvgIpc) is 2.31. The summed E-state index contributed by atoms with van der Waals surface area (Å²) in [6, 6.07) is 9.26. The Labute approximate surface area is 105 Å². The Kier molecular flexibility index (Phi) is 3.49. The number of aromatic nitrogens is 1. The van der Waals surface area contributed by atoms with E-state index in [-0.39, 0.29) is 0 Å². The highest BCUT2D eigenvalue weighted by atomic mass is 35.5. The van der Waals surface area contributed by atoms with E-state index in [0.29, 0.717) is 17.4 Å². The SMILES string of the molecule is Cc1cccc(CNc2ccnc(Cl)c2)c1O. The number of rotatable bonds is 3. The third-order valence-corrected chi connectivity index (χ3v) is 2.74. The van der Waals surface area contributed by atoms with Gasteiger partial charge in [-0.1, -0.05) is 29.8 Å². The van der Waals surface area contributed by atoms with Crippen LogP contribution in [-0.2, 0) is 6.54 Å². The maximum Gasteiger partial charge on any atom is 0.131 e. The molecular weight excluding hydrogens is 236 g/mol. The Hall–Kier alpha value is -1.74. The van der Waals surface area contributed by atoms with Crippen molar-refractivity contribution in [1.82, 2.24) is 4.98 Å². The molecule has 0 fully saturated rings. The number of hydrogen-bond acceptors (Lipinski definition) is 3. The summed E-state index contributed by atoms with van der Waals surface area (Å²) in [5.41, 5.74) is 2.61. The molecule has 2 aromatic rings. The summed E-state index contributed by atoms with van der Waals surface area (Å²) in [7, 11) is 0. The van der Waals surface area contributed by atoms with Gasteiger partial charge in [0.15, 0.2) is 0 Å². The van der Waals surface area contributed by atoms with Crippen molar-refractivity contribution in [2.75, 3.05) is 5.32 Å². The van der Waals surface area contributed by atoms with E-state index >= 15 is 0 Å². The maximum absolute atomic E-state index is 9.85. The van der Waals surface area contributed by atoms with Crippen LogP contribution < -0.4 is 5.32 Å². The second-order valence-electron chi connectivity index (χ2n) is 3.80. The van der Waals surface area contributed by atoms with Crippen LogP contribution in [0.4, 0.5) is 5.69 Å². The standard InChI is InChI=1S/C13H13ClN2O/c1-9-3-2-4-10(13(9)17)8-16-11-5-6-15-12(14)7-11/h2-7,17H,8H2,1H3,(H,15,16). The molecule has 0 aliphatic heterocycles. The Morgan fingerprint density at radius 1 is 1.35 bits per heavy atom. The van der Waals surface area contributed by atoms with Crippen LogP contribution in [0, 0.1) is 6.92 Å². The first-order valence-corrected chi connectivity index (χ1v) is 5.67. The average molecular weight is 249 g/mol. The van der Waals surface area contributed by atoms with E-state index in [1.165, 1.54) is 0 Å². The number of para-hydroxylation sites is 1. The second kappa shape index (κ2) is 5.06. The van der Waals surface area contributed by atoms with E-state index in [9.17, 15) is 5.11 Å². The van der Waals surface area contributed by atoms with E-state index < -0.39 is 0 Å². The van der Waals surface area contributed by atoms with E-state index in [1.54, 1.807) is 12.3 Å². The van der Waals surface area contributed by atoms with Gasteiger partial charge in [-0.15, -0.1) is 0 Å². The molecule has 4 heteroatoms. The maximum atomic E-state index is 9.85. The molecule has 0 spiro atoms. The molecule has 0 atom stereocenters. The fourth-order valence-electron chi connectivity index (χ4n) is 1.57. The van der Waals surface area contributed by atoms with E-state index in [2.05, 4.69) is 10.3 Å². The molecule has 0 radical (unpaired) electrons. The normalized spacial score (nSPS) is 10.2. The molecule has 3 nitrogen and oxygen atoms in total. The summed E-state index contributed by atoms with van der Waals surface area (Å²) >= 11 is 5.78. The quantitative estimate of drug-likeness (QED) is 0.819. The minimum atomic E-state index is 0.333. The number of halogens is 1. The summed E-state index contributed by atoms with van der Waals surface area (Å²) in [4.78, 5) is 3.90. The summed E-state index contributed by atoms with van der Waals surface area (Å²) in [6.07, 6.45) is 1.64. The monoisotopic (exact) mass is 248 g/mol. The summed E-state index contributed by atoms with van der Waals surface area (Å²) in [5.74, 6) is 0.333. The largest absolute Gasteiger partial charge is 0.507 e. The number of aromatic hydroxyl groups is 1. The van der Waals surface area contributed by atoms with E-state index in [1.807, 2.05) is 31.2 Å². The molecule has 1 heterocycles. The lowest BCUT2D eigenvalue weighted by Crippen LogP contribution is -2.00. The van der Waals surface area contributed by atoms with Gasteiger partial charge in [0.25, 0.3) is 0 Å². The lowest BCUT2D eigenvalue weighted by atomic mass is 10.1. The Bertz CT molecular complexity index is 529. The minimum absolute atomic E-state index is 0.333. The third kappa shape index (κ3) is 2.88. The summed E-state index contributed by atoms with van der Waals surface area (Å²) < 4.78 is 0. The van der Waals surface area contributed by atoms with Crippen LogP contribution in [0.5, 0.6) is 5.75 Å². The van der Waals surface area contributed by atoms with Gasteiger partial charge in [-0.25, -0.2) is 4.98 Å². The van der Waals surface area contributed by atoms with Crippen molar-refractivity contribution in [3.8, 4) is 5.75 Å². The highest BCUT2D eigenvalue weighted by Crippen LogP contribution is 2.22. The van der Waals surface area contributed by atoms with Gasteiger partial charge in [0.2, 0.25) is 0 Å². The number of phenols is 1. The van der Waals surface area contributed by atoms with Crippen molar-refractivity contribution in [2.45, 2.75) is 13.5 Å². The lowest BCUT2D eigenvalue weighted by Gasteiger charge is -2.09. The van der Waals surface area contributed by atoms with E-state index in [0.717, 1.165) is 16.8 Å². The molecule has 0 saturated carbocycles. The number of benzene rings is 1. The van der Waals surface area contributed by atoms with Crippen molar-refractivity contribution in [2.24, 2.45) is 0 Å². The molecule has 0 unspecified atom stereocenters. The van der Waals surface area contributed by atoms with Crippen molar-refractivity contribution in [1.29, 1.82) is 0 Å². The van der Waals surface area contributed by atoms with Gasteiger partial charge >= 0.3 is 0 Å². The predicted molar refractivity (Wildman–Crippen MR) is 69.4 cm³/mol. The van der Waals surface area contributed by atoms with Crippen LogP contribution in [-0.4, -0.2) is 10.1 Å². The first-order chi connectivity index (χ1) is 8.16. The van der Waals surface area contributed by atoms with Crippen LogP contribution >= 0.6 is 11.6 Å². The first kappa shape index (κ1) is 11.7. The number of nitrogens with one attached hydrogen (secondary N) is 1. The predicted octanol–water partition coefficient (Wildman–Crippen LogP) is 3.36. The zero-order chi connectivity index (χ0) is 12.3. The molecule has 2 N–H and O–H groups in total. The van der Waals surface area contributed by atoms with Crippen molar-refractivity contribution >= 4 is 17.3 Å². The van der Waals surface area contributed by atoms with Crippen molar-refractivity contribution in [3.63, 3.8) is 0 Å². The van der Waals surface area contributed by atoms with Crippen LogP contribution in [0.15, 0.2) is 36.5 Å². The number of pyridine rings is 1. The van der Waals surface area contributed by atoms with Crippen LogP contribution in [0.3, 0.4) is 0 Å². The van der Waals surface area contributed by atoms with Crippen LogP contribution in [0.25, 0.3) is 0 Å². The third-order valence-electron chi connectivity index (χ3n) is 2.53. The highest BCUT2D eigenvalue weighted by molar-refractivity contribution is 6.29. The van der Waals surface area contributed by atoms with Gasteiger partial charge in [0.05, 0.1) is 0 Å². The molecule has 0 bridgehead atoms. The zero-order valence-corrected chi connectivity index (χ0v) is 10.2. The number of nitrogens with zero attached hydrogens (tertiary/aromatic N) is 1. The van der Waals surface area contributed by atoms with Gasteiger partial charge in [-0.2, -0.15) is 0 Å². The van der Waals surface area contributed by atoms with Crippen LogP contribution in [0.1, 0.15) is 11.1 Å². The smallest absolute Gasteiger partial charge is 0.131 e. The van der Waals surface area contributed by atoms with Gasteiger partial charge in [-0.05, 0) is 24.6 Å². The number of hydrogen-bond donors (Lipinski definition) is 2. The van der Waals surface area contributed by atoms with E-state index in [4.69, 9.17) is 11.6 Å². The lowest BCUT2D eigenvalue weighted by molar-refractivity contribution is 0.465. The van der Waals surface area contributed by atoms with Crippen molar-refractivity contribution < 1.29 is 5.11 Å². The topological polar surface area (TPSA) is 45.2 Å². The van der Waals surface area contributed by atoms with Crippen molar-refractivity contribution in [3.05, 3.63) is 52.8 Å². The molecule has 0 aliphatic rings. The summed E-state index contributed by atoms with van der Waals surface area (Å²) in [5, 5.41) is 13.5. The van der Waals surface area contributed by atoms with Gasteiger partial charge in [-0.3, -0.25) is 0 Å². The van der Waals surface area contributed by atoms with Gasteiger partial charge in [0.1, 0.15) is 10.9 Å².